The minimum Gasteiger partial charge on any atom is -0.495 e. The summed E-state index contributed by atoms with van der Waals surface area (Å²) >= 11 is 0. The van der Waals surface area contributed by atoms with Crippen LogP contribution in [0.5, 0.6) is 5.75 Å². The van der Waals surface area contributed by atoms with E-state index in [1.807, 2.05) is 0 Å². The van der Waals surface area contributed by atoms with Gasteiger partial charge >= 0.3 is 0 Å². The van der Waals surface area contributed by atoms with Gasteiger partial charge in [-0.1, -0.05) is 11.8 Å². The Morgan fingerprint density at radius 2 is 2.14 bits per heavy atom. The first-order valence-corrected chi connectivity index (χ1v) is 9.19. The van der Waals surface area contributed by atoms with Gasteiger partial charge in [-0.15, -0.1) is 0 Å². The van der Waals surface area contributed by atoms with Gasteiger partial charge in [-0.3, -0.25) is 4.21 Å². The van der Waals surface area contributed by atoms with Crippen molar-refractivity contribution in [2.24, 2.45) is 0 Å². The lowest BCUT2D eigenvalue weighted by Gasteiger charge is -2.09. The topological polar surface area (TPSA) is 92.7 Å². The average Bonchev–Trinajstić information content (AvgIpc) is 2.44. The minimum atomic E-state index is -3.70. The summed E-state index contributed by atoms with van der Waals surface area (Å²) in [5.74, 6) is 5.74. The fourth-order valence-electron chi connectivity index (χ4n) is 1.49. The highest BCUT2D eigenvalue weighted by molar-refractivity contribution is 7.89. The summed E-state index contributed by atoms with van der Waals surface area (Å²) < 4.78 is 42.6. The maximum absolute atomic E-state index is 12.1. The Bertz CT molecular complexity index is 674. The second-order valence-electron chi connectivity index (χ2n) is 4.00. The zero-order chi connectivity index (χ0) is 15.9. The summed E-state index contributed by atoms with van der Waals surface area (Å²) in [7, 11) is -3.32. The highest BCUT2D eigenvalue weighted by Gasteiger charge is 2.15. The molecule has 0 saturated carbocycles. The summed E-state index contributed by atoms with van der Waals surface area (Å²) in [5.41, 5.74) is 0.369. The lowest BCUT2D eigenvalue weighted by molar-refractivity contribution is 0.350. The second-order valence-corrected chi connectivity index (χ2v) is 7.32. The Hall–Kier alpha value is -1.40. The number of ether oxygens (including phenoxy) is 1. The molecule has 0 bridgehead atoms. The fraction of sp³-hybridized carbons (Fsp3) is 0.385. The molecule has 8 heteroatoms. The monoisotopic (exact) mass is 331 g/mol. The van der Waals surface area contributed by atoms with E-state index in [2.05, 4.69) is 16.6 Å². The molecule has 0 fully saturated rings. The van der Waals surface area contributed by atoms with Gasteiger partial charge in [0.25, 0.3) is 0 Å². The first-order chi connectivity index (χ1) is 9.90. The SMILES string of the molecule is COc1ccc(S(=O)(=O)NCCS(C)=O)cc1C#CCO. The van der Waals surface area contributed by atoms with Crippen molar-refractivity contribution in [3.8, 4) is 17.6 Å². The number of sulfonamides is 1. The maximum atomic E-state index is 12.1. The Kier molecular flexibility index (Phi) is 6.84. The Morgan fingerprint density at radius 3 is 2.71 bits per heavy atom. The third-order valence-corrected chi connectivity index (χ3v) is 4.70. The van der Waals surface area contributed by atoms with Crippen LogP contribution in [0.1, 0.15) is 5.56 Å². The van der Waals surface area contributed by atoms with Crippen LogP contribution in [-0.4, -0.2) is 50.0 Å². The van der Waals surface area contributed by atoms with Crippen LogP contribution in [-0.2, 0) is 20.8 Å². The largest absolute Gasteiger partial charge is 0.495 e. The number of aliphatic hydroxyl groups excluding tert-OH is 1. The zero-order valence-corrected chi connectivity index (χ0v) is 13.4. The van der Waals surface area contributed by atoms with Crippen molar-refractivity contribution in [2.75, 3.05) is 32.3 Å². The summed E-state index contributed by atoms with van der Waals surface area (Å²) in [6.45, 7) is -0.240. The van der Waals surface area contributed by atoms with E-state index >= 15 is 0 Å². The number of hydrogen-bond donors (Lipinski definition) is 2. The summed E-state index contributed by atoms with van der Waals surface area (Å²) in [4.78, 5) is 0.0347. The molecule has 0 saturated heterocycles. The average molecular weight is 331 g/mol. The molecular formula is C13H17NO5S2. The molecule has 1 aromatic carbocycles. The van der Waals surface area contributed by atoms with Crippen LogP contribution in [0, 0.1) is 11.8 Å². The van der Waals surface area contributed by atoms with Crippen LogP contribution >= 0.6 is 0 Å². The molecule has 0 radical (unpaired) electrons. The van der Waals surface area contributed by atoms with Crippen LogP contribution in [0.4, 0.5) is 0 Å². The number of hydrogen-bond acceptors (Lipinski definition) is 5. The van der Waals surface area contributed by atoms with Gasteiger partial charge in [0.05, 0.1) is 17.6 Å². The predicted octanol–water partition coefficient (Wildman–Crippen LogP) is -0.304. The van der Waals surface area contributed by atoms with E-state index < -0.39 is 20.8 Å². The molecule has 2 N–H and O–H groups in total. The molecular weight excluding hydrogens is 314 g/mol. The highest BCUT2D eigenvalue weighted by atomic mass is 32.2. The number of nitrogens with one attached hydrogen (secondary N) is 1. The molecule has 1 atom stereocenters. The minimum absolute atomic E-state index is 0.0347. The van der Waals surface area contributed by atoms with Crippen molar-refractivity contribution in [2.45, 2.75) is 4.90 Å². The van der Waals surface area contributed by atoms with Crippen LogP contribution < -0.4 is 9.46 Å². The molecule has 0 aliphatic carbocycles. The second kappa shape index (κ2) is 8.14. The van der Waals surface area contributed by atoms with Crippen molar-refractivity contribution in [3.63, 3.8) is 0 Å². The number of rotatable bonds is 6. The third kappa shape index (κ3) is 5.47. The van der Waals surface area contributed by atoms with Crippen molar-refractivity contribution >= 4 is 20.8 Å². The molecule has 1 rings (SSSR count). The van der Waals surface area contributed by atoms with Gasteiger partial charge in [0.1, 0.15) is 12.4 Å². The zero-order valence-electron chi connectivity index (χ0n) is 11.8. The number of methoxy groups -OCH3 is 1. The fourth-order valence-corrected chi connectivity index (χ4v) is 3.07. The quantitative estimate of drug-likeness (QED) is 0.698. The molecule has 1 unspecified atom stereocenters. The lowest BCUT2D eigenvalue weighted by Crippen LogP contribution is -2.27. The summed E-state index contributed by atoms with van der Waals surface area (Å²) in [6, 6.07) is 4.26. The molecule has 0 aromatic heterocycles. The number of aliphatic hydroxyl groups is 1. The molecule has 0 aliphatic heterocycles. The van der Waals surface area contributed by atoms with Crippen LogP contribution in [0.25, 0.3) is 0 Å². The maximum Gasteiger partial charge on any atom is 0.240 e. The van der Waals surface area contributed by atoms with Gasteiger partial charge in [0.15, 0.2) is 0 Å². The van der Waals surface area contributed by atoms with Crippen LogP contribution in [0.15, 0.2) is 23.1 Å². The van der Waals surface area contributed by atoms with Crippen molar-refractivity contribution in [3.05, 3.63) is 23.8 Å². The van der Waals surface area contributed by atoms with Crippen LogP contribution in [0.3, 0.4) is 0 Å². The Balaban J connectivity index is 3.04. The van der Waals surface area contributed by atoms with Crippen molar-refractivity contribution in [1.82, 2.24) is 4.72 Å². The van der Waals surface area contributed by atoms with E-state index in [0.717, 1.165) is 0 Å². The first kappa shape index (κ1) is 17.7. The Labute approximate surface area is 127 Å². The predicted molar refractivity (Wildman–Crippen MR) is 81.1 cm³/mol. The summed E-state index contributed by atoms with van der Waals surface area (Å²) in [5, 5.41) is 8.71. The third-order valence-electron chi connectivity index (χ3n) is 2.46. The van der Waals surface area contributed by atoms with E-state index in [1.165, 1.54) is 31.6 Å². The molecule has 0 amide bonds. The molecule has 0 heterocycles. The van der Waals surface area contributed by atoms with Gasteiger partial charge in [-0.05, 0) is 18.2 Å². The normalized spacial score (nSPS) is 12.3. The molecule has 21 heavy (non-hydrogen) atoms. The Morgan fingerprint density at radius 1 is 1.43 bits per heavy atom. The van der Waals surface area contributed by atoms with E-state index in [4.69, 9.17) is 9.84 Å². The van der Waals surface area contributed by atoms with E-state index in [0.29, 0.717) is 11.3 Å². The van der Waals surface area contributed by atoms with E-state index in [1.54, 1.807) is 0 Å². The van der Waals surface area contributed by atoms with Crippen molar-refractivity contribution in [1.29, 1.82) is 0 Å². The molecule has 116 valence electrons. The van der Waals surface area contributed by atoms with Gasteiger partial charge in [-0.25, -0.2) is 13.1 Å². The lowest BCUT2D eigenvalue weighted by atomic mass is 10.2. The van der Waals surface area contributed by atoms with Crippen LogP contribution in [0.2, 0.25) is 0 Å². The molecule has 0 aliphatic rings. The van der Waals surface area contributed by atoms with Crippen molar-refractivity contribution < 1.29 is 22.5 Å². The first-order valence-electron chi connectivity index (χ1n) is 5.98. The smallest absolute Gasteiger partial charge is 0.240 e. The molecule has 1 aromatic rings. The van der Waals surface area contributed by atoms with Gasteiger partial charge in [0, 0.05) is 29.4 Å². The highest BCUT2D eigenvalue weighted by Crippen LogP contribution is 2.21. The van der Waals surface area contributed by atoms with Gasteiger partial charge < -0.3 is 9.84 Å². The van der Waals surface area contributed by atoms with Gasteiger partial charge in [-0.2, -0.15) is 0 Å². The van der Waals surface area contributed by atoms with E-state index in [9.17, 15) is 12.6 Å². The summed E-state index contributed by atoms with van der Waals surface area (Å²) in [6.07, 6.45) is 1.50. The molecule has 0 spiro atoms. The standard InChI is InChI=1S/C13H17NO5S2/c1-19-13-6-5-12(10-11(13)4-3-8-15)21(17,18)14-7-9-20(2)16/h5-6,10,14-15H,7-9H2,1-2H3. The number of benzene rings is 1. The van der Waals surface area contributed by atoms with E-state index in [-0.39, 0.29) is 23.8 Å². The van der Waals surface area contributed by atoms with Gasteiger partial charge in [0.2, 0.25) is 10.0 Å². The molecule has 6 nitrogen and oxygen atoms in total.